The van der Waals surface area contributed by atoms with Crippen molar-refractivity contribution < 1.29 is 13.1 Å². The average Bonchev–Trinajstić information content (AvgIpc) is 3.71. The van der Waals surface area contributed by atoms with Gasteiger partial charge in [0.1, 0.15) is 0 Å². The topological polar surface area (TPSA) is 0 Å². The second-order valence-corrected chi connectivity index (χ2v) is 25.4. The van der Waals surface area contributed by atoms with Crippen molar-refractivity contribution in [2.75, 3.05) is 0 Å². The van der Waals surface area contributed by atoms with Gasteiger partial charge in [0.2, 0.25) is 0 Å². The molecule has 8 aliphatic carbocycles. The predicted molar refractivity (Wildman–Crippen MR) is 154 cm³/mol. The van der Waals surface area contributed by atoms with Crippen molar-refractivity contribution in [2.24, 2.45) is 45.3 Å². The van der Waals surface area contributed by atoms with Gasteiger partial charge < -0.3 is 0 Å². The second-order valence-electron chi connectivity index (χ2n) is 18.4. The maximum atomic E-state index is 2.88. The Morgan fingerprint density at radius 1 is 0.324 bits per heavy atom. The molecule has 0 spiro atoms. The zero-order chi connectivity index (χ0) is 26.1. The molecule has 4 unspecified atom stereocenters. The molecule has 0 amide bonds. The fraction of sp³-hybridized carbons (Fsp3) is 1.00. The molecule has 4 atom stereocenters. The van der Waals surface area contributed by atoms with Crippen molar-refractivity contribution in [1.82, 2.24) is 0 Å². The Kier molecular flexibility index (Phi) is 4.62. The molecule has 0 aromatic rings. The van der Waals surface area contributed by atoms with Crippen LogP contribution in [0, 0.1) is 45.3 Å². The maximum absolute atomic E-state index is 2.88. The van der Waals surface area contributed by atoms with Gasteiger partial charge in [-0.2, -0.15) is 0 Å². The molecule has 8 saturated carbocycles. The molecular formula is C36H60Cr. The molecule has 0 saturated heterocycles. The van der Waals surface area contributed by atoms with Crippen molar-refractivity contribution in [2.45, 2.75) is 175 Å². The van der Waals surface area contributed by atoms with E-state index in [1.807, 2.05) is 0 Å². The molecule has 37 heavy (non-hydrogen) atoms. The van der Waals surface area contributed by atoms with Crippen LogP contribution in [0.3, 0.4) is 0 Å². The molecule has 8 rings (SSSR count). The van der Waals surface area contributed by atoms with Gasteiger partial charge in [0, 0.05) is 0 Å². The van der Waals surface area contributed by atoms with E-state index in [4.69, 9.17) is 0 Å². The molecule has 8 bridgehead atoms. The van der Waals surface area contributed by atoms with Crippen molar-refractivity contribution in [3.63, 3.8) is 0 Å². The molecule has 210 valence electrons. The van der Waals surface area contributed by atoms with Crippen molar-refractivity contribution >= 4 is 0 Å². The number of hydrogen-bond acceptors (Lipinski definition) is 0. The van der Waals surface area contributed by atoms with E-state index in [0.717, 1.165) is 40.8 Å². The SMILES string of the molecule is CC1C2(C)CC[C]1([Cr]([C]13CCC(C)(CC1)C3C)([C]13CCC(C)(CC1)C3C)[C]13CCC(C)(CC1)C3C)CC2. The van der Waals surface area contributed by atoms with Gasteiger partial charge in [0.25, 0.3) is 0 Å². The standard InChI is InChI=1S/4C9H15.Cr/c4*1-7-8-3-5-9(7,2)6-4-8;/h4*7H,3-6H2,1-2H3;. The Labute approximate surface area is 233 Å². The Hall–Kier alpha value is 0.532. The molecule has 0 nitrogen and oxygen atoms in total. The monoisotopic (exact) mass is 544 g/mol. The first kappa shape index (κ1) is 25.3. The second kappa shape index (κ2) is 6.77. The van der Waals surface area contributed by atoms with Crippen LogP contribution in [-0.4, -0.2) is 0 Å². The minimum absolute atomic E-state index is 0.657. The van der Waals surface area contributed by atoms with Crippen LogP contribution < -0.4 is 0 Å². The van der Waals surface area contributed by atoms with Crippen molar-refractivity contribution in [1.29, 1.82) is 0 Å². The quantitative estimate of drug-likeness (QED) is 0.330. The fourth-order valence-electron chi connectivity index (χ4n) is 15.7. The van der Waals surface area contributed by atoms with Crippen molar-refractivity contribution in [3.05, 3.63) is 0 Å². The first-order chi connectivity index (χ1) is 17.3. The van der Waals surface area contributed by atoms with Gasteiger partial charge in [-0.3, -0.25) is 0 Å². The summed E-state index contributed by atoms with van der Waals surface area (Å²) in [6.45, 7) is 22.7. The average molecular weight is 545 g/mol. The third-order valence-corrected chi connectivity index (χ3v) is 31.1. The van der Waals surface area contributed by atoms with Gasteiger partial charge in [-0.25, -0.2) is 0 Å². The van der Waals surface area contributed by atoms with E-state index in [0.29, 0.717) is 21.7 Å². The molecule has 0 aromatic carbocycles. The summed E-state index contributed by atoms with van der Waals surface area (Å²) in [5.41, 5.74) is 2.63. The summed E-state index contributed by atoms with van der Waals surface area (Å²) in [7, 11) is 0. The summed E-state index contributed by atoms with van der Waals surface area (Å²) < 4.78 is 3.01. The van der Waals surface area contributed by atoms with Crippen LogP contribution in [0.1, 0.15) is 158 Å². The Bertz CT molecular complexity index is 834. The first-order valence-corrected chi connectivity index (χ1v) is 19.6. The minimum atomic E-state index is -2.25. The van der Waals surface area contributed by atoms with Gasteiger partial charge in [-0.1, -0.05) is 0 Å². The van der Waals surface area contributed by atoms with Gasteiger partial charge in [0.05, 0.1) is 0 Å². The zero-order valence-corrected chi connectivity index (χ0v) is 27.3. The molecule has 0 N–H and O–H groups in total. The first-order valence-electron chi connectivity index (χ1n) is 17.1. The summed E-state index contributed by atoms with van der Waals surface area (Å²) >= 11 is -2.25. The van der Waals surface area contributed by atoms with Crippen LogP contribution in [0.2, 0.25) is 17.1 Å². The summed E-state index contributed by atoms with van der Waals surface area (Å²) in [5, 5.41) is 0. The molecule has 8 aliphatic rings. The van der Waals surface area contributed by atoms with E-state index in [1.165, 1.54) is 0 Å². The number of fused-ring (bicyclic) bond motifs is 8. The summed E-state index contributed by atoms with van der Waals surface area (Å²) in [5.74, 6) is 3.99. The van der Waals surface area contributed by atoms with Crippen LogP contribution >= 0.6 is 0 Å². The molecule has 0 aliphatic heterocycles. The molecule has 1 heteroatoms. The third-order valence-electron chi connectivity index (χ3n) is 18.7. The predicted octanol–water partition coefficient (Wildman–Crippen LogP) is 11.7. The molecule has 0 radical (unpaired) electrons. The molecular weight excluding hydrogens is 484 g/mol. The van der Waals surface area contributed by atoms with Gasteiger partial charge in [-0.15, -0.1) is 0 Å². The van der Waals surface area contributed by atoms with E-state index in [2.05, 4.69) is 55.4 Å². The molecule has 8 fully saturated rings. The Morgan fingerprint density at radius 2 is 0.486 bits per heavy atom. The molecule has 0 heterocycles. The van der Waals surface area contributed by atoms with E-state index in [9.17, 15) is 0 Å². The van der Waals surface area contributed by atoms with E-state index >= 15 is 0 Å². The van der Waals surface area contributed by atoms with Gasteiger partial charge >= 0.3 is 234 Å². The number of rotatable bonds is 4. The van der Waals surface area contributed by atoms with E-state index < -0.39 is 13.1 Å². The van der Waals surface area contributed by atoms with E-state index in [1.54, 1.807) is 103 Å². The summed E-state index contributed by atoms with van der Waals surface area (Å²) in [6.07, 6.45) is 25.9. The summed E-state index contributed by atoms with van der Waals surface area (Å²) in [6, 6.07) is 0. The summed E-state index contributed by atoms with van der Waals surface area (Å²) in [4.78, 5) is 0. The van der Waals surface area contributed by atoms with Gasteiger partial charge in [-0.05, 0) is 0 Å². The van der Waals surface area contributed by atoms with Gasteiger partial charge in [0.15, 0.2) is 0 Å². The third kappa shape index (κ3) is 2.21. The fourth-order valence-corrected chi connectivity index (χ4v) is 33.5. The van der Waals surface area contributed by atoms with Crippen LogP contribution in [0.15, 0.2) is 0 Å². The van der Waals surface area contributed by atoms with Crippen LogP contribution in [0.25, 0.3) is 0 Å². The van der Waals surface area contributed by atoms with Crippen LogP contribution in [-0.2, 0) is 13.1 Å². The number of hydrogen-bond donors (Lipinski definition) is 0. The van der Waals surface area contributed by atoms with Crippen molar-refractivity contribution in [3.8, 4) is 0 Å². The normalized spacial score (nSPS) is 67.7. The zero-order valence-electron chi connectivity index (χ0n) is 26.0. The Morgan fingerprint density at radius 3 is 0.595 bits per heavy atom. The molecule has 0 aromatic heterocycles. The Balaban J connectivity index is 1.51. The van der Waals surface area contributed by atoms with E-state index in [-0.39, 0.29) is 0 Å². The van der Waals surface area contributed by atoms with Crippen LogP contribution in [0.4, 0.5) is 0 Å². The van der Waals surface area contributed by atoms with Crippen LogP contribution in [0.5, 0.6) is 0 Å².